The Morgan fingerprint density at radius 3 is 2.57 bits per heavy atom. The van der Waals surface area contributed by atoms with Crippen molar-refractivity contribution in [1.29, 1.82) is 0 Å². The molecule has 1 amide bonds. The maximum atomic E-state index is 13.9. The van der Waals surface area contributed by atoms with Crippen LogP contribution < -0.4 is 9.64 Å². The van der Waals surface area contributed by atoms with Crippen LogP contribution in [0.15, 0.2) is 36.5 Å². The molecular formula is C27H33F3N4O3. The Bertz CT molecular complexity index is 1130. The number of hydrogen-bond donors (Lipinski definition) is 1. The first-order valence-corrected chi connectivity index (χ1v) is 12.8. The molecule has 1 saturated carbocycles. The van der Waals surface area contributed by atoms with Gasteiger partial charge in [-0.25, -0.2) is 4.98 Å². The third kappa shape index (κ3) is 5.63. The summed E-state index contributed by atoms with van der Waals surface area (Å²) in [6, 6.07) is 7.40. The van der Waals surface area contributed by atoms with Gasteiger partial charge in [0.15, 0.2) is 11.5 Å². The van der Waals surface area contributed by atoms with Crippen LogP contribution >= 0.6 is 0 Å². The number of phenols is 1. The number of amides is 1. The summed E-state index contributed by atoms with van der Waals surface area (Å²) in [6.45, 7) is 4.02. The van der Waals surface area contributed by atoms with E-state index in [2.05, 4.69) is 9.88 Å². The minimum atomic E-state index is -4.41. The summed E-state index contributed by atoms with van der Waals surface area (Å²) in [5.41, 5.74) is -0.123. The van der Waals surface area contributed by atoms with Gasteiger partial charge in [-0.1, -0.05) is 18.9 Å². The van der Waals surface area contributed by atoms with Crippen LogP contribution in [0.1, 0.15) is 36.8 Å². The number of methoxy groups -OCH3 is 1. The van der Waals surface area contributed by atoms with Crippen molar-refractivity contribution in [2.75, 3.05) is 51.3 Å². The van der Waals surface area contributed by atoms with E-state index in [4.69, 9.17) is 4.74 Å². The van der Waals surface area contributed by atoms with Crippen LogP contribution in [0.5, 0.6) is 11.5 Å². The second-order valence-electron chi connectivity index (χ2n) is 10.6. The fourth-order valence-electron chi connectivity index (χ4n) is 5.72. The van der Waals surface area contributed by atoms with E-state index in [0.29, 0.717) is 56.8 Å². The summed E-state index contributed by atoms with van der Waals surface area (Å²) >= 11 is 0. The topological polar surface area (TPSA) is 69.1 Å². The number of carbonyl (C=O) groups is 1. The van der Waals surface area contributed by atoms with Crippen LogP contribution in [-0.4, -0.2) is 72.2 Å². The van der Waals surface area contributed by atoms with Gasteiger partial charge >= 0.3 is 6.18 Å². The van der Waals surface area contributed by atoms with Crippen molar-refractivity contribution < 1.29 is 27.8 Å². The number of aromatic hydroxyl groups is 1. The molecule has 1 aromatic carbocycles. The molecule has 2 aliphatic heterocycles. The molecule has 200 valence electrons. The molecule has 0 radical (unpaired) electrons. The maximum Gasteiger partial charge on any atom is 0.416 e. The molecule has 0 bridgehead atoms. The van der Waals surface area contributed by atoms with Gasteiger partial charge in [-0.2, -0.15) is 13.2 Å². The number of aromatic nitrogens is 1. The van der Waals surface area contributed by atoms with E-state index in [1.54, 1.807) is 6.07 Å². The minimum absolute atomic E-state index is 0.102. The fourth-order valence-corrected chi connectivity index (χ4v) is 5.72. The number of carbonyl (C=O) groups excluding carboxylic acids is 1. The zero-order chi connectivity index (χ0) is 26.2. The van der Waals surface area contributed by atoms with Gasteiger partial charge in [-0.3, -0.25) is 9.69 Å². The van der Waals surface area contributed by atoms with Crippen LogP contribution in [0.25, 0.3) is 0 Å². The average molecular weight is 519 g/mol. The Hall–Kier alpha value is -3.01. The van der Waals surface area contributed by atoms with Crippen LogP contribution in [0.3, 0.4) is 0 Å². The van der Waals surface area contributed by atoms with Crippen molar-refractivity contribution in [2.45, 2.75) is 38.4 Å². The van der Waals surface area contributed by atoms with Gasteiger partial charge < -0.3 is 19.6 Å². The summed E-state index contributed by atoms with van der Waals surface area (Å²) < 4.78 is 44.6. The standard InChI is InChI=1S/C27H33F3N4O3/c1-37-23-14-20(4-5-22(23)35)17-32-9-7-26(18-32,16-19-2-3-19)25(36)34-12-10-33(11-13-34)24-15-21(6-8-31-24)27(28,29)30/h4-6,8,14-15,19,35H,2-3,7,9-13,16-18H2,1H3. The lowest BCUT2D eigenvalue weighted by Gasteiger charge is -2.40. The van der Waals surface area contributed by atoms with Gasteiger partial charge in [-0.15, -0.1) is 0 Å². The Morgan fingerprint density at radius 1 is 1.14 bits per heavy atom. The molecule has 1 aromatic heterocycles. The second kappa shape index (κ2) is 10.0. The number of phenolic OH excluding ortho intramolecular Hbond substituents is 1. The van der Waals surface area contributed by atoms with Crippen LogP contribution in [-0.2, 0) is 17.5 Å². The van der Waals surface area contributed by atoms with E-state index in [-0.39, 0.29) is 11.7 Å². The van der Waals surface area contributed by atoms with Crippen molar-refractivity contribution in [3.05, 3.63) is 47.7 Å². The number of likely N-dealkylation sites (tertiary alicyclic amines) is 1. The fraction of sp³-hybridized carbons (Fsp3) is 0.556. The Labute approximate surface area is 214 Å². The van der Waals surface area contributed by atoms with E-state index in [9.17, 15) is 23.1 Å². The number of ether oxygens (including phenoxy) is 1. The molecule has 3 heterocycles. The first-order valence-electron chi connectivity index (χ1n) is 12.8. The summed E-state index contributed by atoms with van der Waals surface area (Å²) in [5.74, 6) is 1.59. The number of pyridine rings is 1. The highest BCUT2D eigenvalue weighted by Crippen LogP contribution is 2.46. The molecule has 5 rings (SSSR count). The van der Waals surface area contributed by atoms with Crippen molar-refractivity contribution >= 4 is 11.7 Å². The normalized spacial score (nSPS) is 22.9. The molecule has 10 heteroatoms. The molecular weight excluding hydrogens is 485 g/mol. The zero-order valence-corrected chi connectivity index (χ0v) is 21.0. The number of rotatable bonds is 7. The number of halogens is 3. The molecule has 1 atom stereocenters. The number of hydrogen-bond acceptors (Lipinski definition) is 6. The number of piperazine rings is 1. The summed E-state index contributed by atoms with van der Waals surface area (Å²) in [5, 5.41) is 9.90. The van der Waals surface area contributed by atoms with Crippen LogP contribution in [0.2, 0.25) is 0 Å². The smallest absolute Gasteiger partial charge is 0.416 e. The quantitative estimate of drug-likeness (QED) is 0.594. The van der Waals surface area contributed by atoms with E-state index in [1.807, 2.05) is 21.9 Å². The number of nitrogens with zero attached hydrogens (tertiary/aromatic N) is 4. The van der Waals surface area contributed by atoms with E-state index >= 15 is 0 Å². The minimum Gasteiger partial charge on any atom is -0.504 e. The first-order chi connectivity index (χ1) is 17.7. The largest absolute Gasteiger partial charge is 0.504 e. The predicted octanol–water partition coefficient (Wildman–Crippen LogP) is 4.16. The Morgan fingerprint density at radius 2 is 1.89 bits per heavy atom. The van der Waals surface area contributed by atoms with Gasteiger partial charge in [0.2, 0.25) is 5.91 Å². The molecule has 2 saturated heterocycles. The SMILES string of the molecule is COc1cc(CN2CCC(CC3CC3)(C(=O)N3CCN(c4cc(C(F)(F)F)ccn4)CC3)C2)ccc1O. The molecule has 2 aromatic rings. The Kier molecular flexibility index (Phi) is 6.95. The molecule has 37 heavy (non-hydrogen) atoms. The van der Waals surface area contributed by atoms with Crippen molar-refractivity contribution in [3.63, 3.8) is 0 Å². The molecule has 1 aliphatic carbocycles. The summed E-state index contributed by atoms with van der Waals surface area (Å²) in [4.78, 5) is 24.1. The van der Waals surface area contributed by atoms with Crippen molar-refractivity contribution in [3.8, 4) is 11.5 Å². The summed E-state index contributed by atoms with van der Waals surface area (Å²) in [6.07, 6.45) is 0.795. The number of alkyl halides is 3. The monoisotopic (exact) mass is 518 g/mol. The highest BCUT2D eigenvalue weighted by Gasteiger charge is 2.49. The zero-order valence-electron chi connectivity index (χ0n) is 21.0. The van der Waals surface area contributed by atoms with E-state index < -0.39 is 17.2 Å². The van der Waals surface area contributed by atoms with Crippen molar-refractivity contribution in [2.24, 2.45) is 11.3 Å². The maximum absolute atomic E-state index is 13.9. The molecule has 3 aliphatic rings. The Balaban J connectivity index is 1.24. The first kappa shape index (κ1) is 25.6. The van der Waals surface area contributed by atoms with Crippen molar-refractivity contribution in [1.82, 2.24) is 14.8 Å². The summed E-state index contributed by atoms with van der Waals surface area (Å²) in [7, 11) is 1.52. The third-order valence-electron chi connectivity index (χ3n) is 7.88. The second-order valence-corrected chi connectivity index (χ2v) is 10.6. The van der Waals surface area contributed by atoms with Crippen LogP contribution in [0, 0.1) is 11.3 Å². The molecule has 1 unspecified atom stereocenters. The average Bonchev–Trinajstić information content (AvgIpc) is 3.62. The van der Waals surface area contributed by atoms with E-state index in [1.165, 1.54) is 26.1 Å². The lowest BCUT2D eigenvalue weighted by atomic mass is 9.80. The highest BCUT2D eigenvalue weighted by atomic mass is 19.4. The predicted molar refractivity (Wildman–Crippen MR) is 132 cm³/mol. The van der Waals surface area contributed by atoms with Gasteiger partial charge in [0.05, 0.1) is 18.1 Å². The molecule has 3 fully saturated rings. The highest BCUT2D eigenvalue weighted by molar-refractivity contribution is 5.84. The third-order valence-corrected chi connectivity index (χ3v) is 7.88. The molecule has 1 N–H and O–H groups in total. The molecule has 0 spiro atoms. The van der Waals surface area contributed by atoms with Gasteiger partial charge in [0, 0.05) is 45.5 Å². The number of anilines is 1. The van der Waals surface area contributed by atoms with Gasteiger partial charge in [0.25, 0.3) is 0 Å². The van der Waals surface area contributed by atoms with E-state index in [0.717, 1.165) is 37.1 Å². The lowest BCUT2D eigenvalue weighted by molar-refractivity contribution is -0.142. The van der Waals surface area contributed by atoms with Gasteiger partial charge in [0.1, 0.15) is 5.82 Å². The lowest BCUT2D eigenvalue weighted by Crippen LogP contribution is -2.54. The number of benzene rings is 1. The van der Waals surface area contributed by atoms with Gasteiger partial charge in [-0.05, 0) is 55.1 Å². The molecule has 7 nitrogen and oxygen atoms in total. The van der Waals surface area contributed by atoms with Crippen LogP contribution in [0.4, 0.5) is 19.0 Å².